The monoisotopic (exact) mass is 262 g/mol. The standard InChI is InChI=1S/C13H14N2O4/c1-8(13(17)18)15-12(16)9(2)19-11-5-3-10(7-14)4-6-11/h3-6,8-9H,1-2H3,(H,15,16)(H,17,18)/t8-,9?/m1/s1. The lowest BCUT2D eigenvalue weighted by Crippen LogP contribution is -2.44. The number of carboxylic acid groups (broad SMARTS) is 1. The third kappa shape index (κ3) is 4.32. The molecule has 0 aliphatic carbocycles. The minimum atomic E-state index is -1.11. The first kappa shape index (κ1) is 14.5. The van der Waals surface area contributed by atoms with E-state index in [4.69, 9.17) is 15.1 Å². The molecular formula is C13H14N2O4. The second-order valence-corrected chi connectivity index (χ2v) is 3.96. The molecule has 0 aliphatic heterocycles. The highest BCUT2D eigenvalue weighted by Gasteiger charge is 2.20. The molecule has 0 aliphatic rings. The summed E-state index contributed by atoms with van der Waals surface area (Å²) in [7, 11) is 0. The number of carbonyl (C=O) groups excluding carboxylic acids is 1. The molecule has 2 atom stereocenters. The van der Waals surface area contributed by atoms with E-state index in [2.05, 4.69) is 5.32 Å². The fourth-order valence-corrected chi connectivity index (χ4v) is 1.26. The zero-order valence-corrected chi connectivity index (χ0v) is 10.6. The molecule has 0 bridgehead atoms. The van der Waals surface area contributed by atoms with Crippen LogP contribution < -0.4 is 10.1 Å². The predicted octanol–water partition coefficient (Wildman–Crippen LogP) is 0.915. The predicted molar refractivity (Wildman–Crippen MR) is 66.5 cm³/mol. The molecule has 0 fully saturated rings. The highest BCUT2D eigenvalue weighted by Crippen LogP contribution is 2.13. The van der Waals surface area contributed by atoms with Gasteiger partial charge in [0.2, 0.25) is 0 Å². The molecule has 0 saturated carbocycles. The van der Waals surface area contributed by atoms with Gasteiger partial charge in [-0.15, -0.1) is 0 Å². The van der Waals surface area contributed by atoms with Gasteiger partial charge in [0, 0.05) is 0 Å². The molecule has 100 valence electrons. The van der Waals surface area contributed by atoms with Gasteiger partial charge in [0.1, 0.15) is 11.8 Å². The van der Waals surface area contributed by atoms with Crippen LogP contribution in [0.1, 0.15) is 19.4 Å². The molecule has 19 heavy (non-hydrogen) atoms. The van der Waals surface area contributed by atoms with Crippen molar-refractivity contribution in [2.45, 2.75) is 26.0 Å². The first-order valence-corrected chi connectivity index (χ1v) is 5.64. The maximum Gasteiger partial charge on any atom is 0.325 e. The van der Waals surface area contributed by atoms with Crippen LogP contribution in [0.2, 0.25) is 0 Å². The number of nitrogens with one attached hydrogen (secondary N) is 1. The Balaban J connectivity index is 2.58. The summed E-state index contributed by atoms with van der Waals surface area (Å²) in [5, 5.41) is 19.6. The Hall–Kier alpha value is -2.55. The fraction of sp³-hybridized carbons (Fsp3) is 0.308. The summed E-state index contributed by atoms with van der Waals surface area (Å²) in [6.07, 6.45) is -0.824. The lowest BCUT2D eigenvalue weighted by molar-refractivity contribution is -0.142. The molecule has 0 spiro atoms. The maximum atomic E-state index is 11.6. The highest BCUT2D eigenvalue weighted by atomic mass is 16.5. The Morgan fingerprint density at radius 2 is 1.89 bits per heavy atom. The minimum absolute atomic E-state index is 0.435. The van der Waals surface area contributed by atoms with Crippen LogP contribution in [-0.4, -0.2) is 29.1 Å². The van der Waals surface area contributed by atoms with E-state index in [0.29, 0.717) is 11.3 Å². The Morgan fingerprint density at radius 1 is 1.32 bits per heavy atom. The van der Waals surface area contributed by atoms with Crippen LogP contribution in [0.4, 0.5) is 0 Å². The first-order valence-electron chi connectivity index (χ1n) is 5.64. The molecule has 1 aromatic rings. The Morgan fingerprint density at radius 3 is 2.37 bits per heavy atom. The van der Waals surface area contributed by atoms with E-state index in [1.165, 1.54) is 13.8 Å². The topological polar surface area (TPSA) is 99.4 Å². The van der Waals surface area contributed by atoms with E-state index in [9.17, 15) is 9.59 Å². The Kier molecular flexibility index (Phi) is 4.89. The van der Waals surface area contributed by atoms with E-state index in [1.807, 2.05) is 6.07 Å². The molecule has 1 aromatic carbocycles. The quantitative estimate of drug-likeness (QED) is 0.821. The van der Waals surface area contributed by atoms with Gasteiger partial charge < -0.3 is 15.2 Å². The van der Waals surface area contributed by atoms with E-state index < -0.39 is 24.0 Å². The van der Waals surface area contributed by atoms with Gasteiger partial charge >= 0.3 is 5.97 Å². The molecule has 6 heteroatoms. The minimum Gasteiger partial charge on any atom is -0.481 e. The molecular weight excluding hydrogens is 248 g/mol. The number of hydrogen-bond donors (Lipinski definition) is 2. The van der Waals surface area contributed by atoms with E-state index in [1.54, 1.807) is 24.3 Å². The van der Waals surface area contributed by atoms with E-state index in [0.717, 1.165) is 0 Å². The molecule has 1 amide bonds. The lowest BCUT2D eigenvalue weighted by atomic mass is 10.2. The number of carboxylic acids is 1. The second kappa shape index (κ2) is 6.40. The summed E-state index contributed by atoms with van der Waals surface area (Å²) < 4.78 is 5.34. The van der Waals surface area contributed by atoms with E-state index in [-0.39, 0.29) is 0 Å². The van der Waals surface area contributed by atoms with Crippen LogP contribution in [0.25, 0.3) is 0 Å². The molecule has 0 saturated heterocycles. The van der Waals surface area contributed by atoms with Crippen LogP contribution in [0.5, 0.6) is 5.75 Å². The van der Waals surface area contributed by atoms with Gasteiger partial charge in [-0.2, -0.15) is 5.26 Å². The van der Waals surface area contributed by atoms with Crippen molar-refractivity contribution in [3.05, 3.63) is 29.8 Å². The number of carbonyl (C=O) groups is 2. The average Bonchev–Trinajstić information content (AvgIpc) is 2.39. The third-order valence-electron chi connectivity index (χ3n) is 2.39. The van der Waals surface area contributed by atoms with Gasteiger partial charge in [0.15, 0.2) is 6.10 Å². The highest BCUT2D eigenvalue weighted by molar-refractivity contribution is 5.86. The summed E-state index contributed by atoms with van der Waals surface area (Å²) >= 11 is 0. The van der Waals surface area contributed by atoms with Crippen molar-refractivity contribution < 1.29 is 19.4 Å². The number of amides is 1. The zero-order chi connectivity index (χ0) is 14.4. The van der Waals surface area contributed by atoms with Crippen molar-refractivity contribution >= 4 is 11.9 Å². The van der Waals surface area contributed by atoms with Crippen molar-refractivity contribution in [1.29, 1.82) is 5.26 Å². The number of nitrogens with zero attached hydrogens (tertiary/aromatic N) is 1. The van der Waals surface area contributed by atoms with Gasteiger partial charge in [-0.05, 0) is 38.1 Å². The second-order valence-electron chi connectivity index (χ2n) is 3.96. The lowest BCUT2D eigenvalue weighted by Gasteiger charge is -2.16. The van der Waals surface area contributed by atoms with Gasteiger partial charge in [-0.25, -0.2) is 0 Å². The van der Waals surface area contributed by atoms with E-state index >= 15 is 0 Å². The van der Waals surface area contributed by atoms with Gasteiger partial charge in [0.05, 0.1) is 11.6 Å². The zero-order valence-electron chi connectivity index (χ0n) is 10.6. The summed E-state index contributed by atoms with van der Waals surface area (Å²) in [5.41, 5.74) is 0.490. The summed E-state index contributed by atoms with van der Waals surface area (Å²) in [6.45, 7) is 2.89. The van der Waals surface area contributed by atoms with Gasteiger partial charge in [-0.3, -0.25) is 9.59 Å². The third-order valence-corrected chi connectivity index (χ3v) is 2.39. The molecule has 1 rings (SSSR count). The smallest absolute Gasteiger partial charge is 0.325 e. The Bertz CT molecular complexity index is 504. The molecule has 0 aromatic heterocycles. The van der Waals surface area contributed by atoms with Crippen molar-refractivity contribution in [3.63, 3.8) is 0 Å². The molecule has 0 heterocycles. The summed E-state index contributed by atoms with van der Waals surface area (Å²) in [6, 6.07) is 7.28. The molecule has 1 unspecified atom stereocenters. The number of benzene rings is 1. The molecule has 2 N–H and O–H groups in total. The van der Waals surface area contributed by atoms with Crippen LogP contribution >= 0.6 is 0 Å². The fourth-order valence-electron chi connectivity index (χ4n) is 1.26. The van der Waals surface area contributed by atoms with Crippen LogP contribution in [0.3, 0.4) is 0 Å². The molecule has 0 radical (unpaired) electrons. The number of ether oxygens (including phenoxy) is 1. The normalized spacial score (nSPS) is 12.9. The maximum absolute atomic E-state index is 11.6. The SMILES string of the molecule is CC(Oc1ccc(C#N)cc1)C(=O)N[C@H](C)C(=O)O. The number of aliphatic carboxylic acids is 1. The van der Waals surface area contributed by atoms with Crippen LogP contribution in [-0.2, 0) is 9.59 Å². The largest absolute Gasteiger partial charge is 0.481 e. The Labute approximate surface area is 110 Å². The summed E-state index contributed by atoms with van der Waals surface area (Å²) in [5.74, 6) is -1.19. The van der Waals surface area contributed by atoms with Gasteiger partial charge in [-0.1, -0.05) is 0 Å². The number of rotatable bonds is 5. The average molecular weight is 262 g/mol. The first-order chi connectivity index (χ1) is 8.93. The van der Waals surface area contributed by atoms with Gasteiger partial charge in [0.25, 0.3) is 5.91 Å². The van der Waals surface area contributed by atoms with Crippen molar-refractivity contribution in [1.82, 2.24) is 5.32 Å². The van der Waals surface area contributed by atoms with Crippen molar-refractivity contribution in [3.8, 4) is 11.8 Å². The van der Waals surface area contributed by atoms with Crippen LogP contribution in [0, 0.1) is 11.3 Å². The van der Waals surface area contributed by atoms with Crippen LogP contribution in [0.15, 0.2) is 24.3 Å². The van der Waals surface area contributed by atoms with Crippen molar-refractivity contribution in [2.24, 2.45) is 0 Å². The summed E-state index contributed by atoms with van der Waals surface area (Å²) in [4.78, 5) is 22.2. The molecule has 6 nitrogen and oxygen atoms in total. The number of nitriles is 1. The number of hydrogen-bond acceptors (Lipinski definition) is 4. The van der Waals surface area contributed by atoms with Crippen molar-refractivity contribution in [2.75, 3.05) is 0 Å².